The molecule has 1 fully saturated rings. The van der Waals surface area contributed by atoms with E-state index in [0.717, 1.165) is 10.2 Å². The molecule has 1 saturated carbocycles. The number of nitrogens with zero attached hydrogens (tertiary/aromatic N) is 1. The normalized spacial score (nSPS) is 24.8. The Morgan fingerprint density at radius 3 is 2.94 bits per heavy atom. The van der Waals surface area contributed by atoms with E-state index in [4.69, 9.17) is 5.73 Å². The van der Waals surface area contributed by atoms with Crippen molar-refractivity contribution < 1.29 is 8.78 Å². The van der Waals surface area contributed by atoms with Crippen molar-refractivity contribution in [3.8, 4) is 0 Å². The van der Waals surface area contributed by atoms with Gasteiger partial charge in [-0.1, -0.05) is 0 Å². The Bertz CT molecular complexity index is 398. The minimum Gasteiger partial charge on any atom is -0.323 e. The second-order valence-corrected chi connectivity index (χ2v) is 5.53. The summed E-state index contributed by atoms with van der Waals surface area (Å²) in [6.07, 6.45) is 2.76. The molecule has 2 atom stereocenters. The molecule has 0 spiro atoms. The number of hydrogen-bond donors (Lipinski definition) is 1. The number of rotatable bonds is 3. The van der Waals surface area contributed by atoms with Gasteiger partial charge in [0.25, 0.3) is 0 Å². The molecule has 1 aliphatic carbocycles. The lowest BCUT2D eigenvalue weighted by atomic mass is 9.96. The predicted molar refractivity (Wildman–Crippen MR) is 65.8 cm³/mol. The van der Waals surface area contributed by atoms with E-state index in [2.05, 4.69) is 20.9 Å². The largest absolute Gasteiger partial charge is 0.323 e. The number of nitrogens with two attached hydrogens (primary N) is 1. The lowest BCUT2D eigenvalue weighted by Gasteiger charge is -2.17. The highest BCUT2D eigenvalue weighted by molar-refractivity contribution is 9.10. The second kappa shape index (κ2) is 4.98. The van der Waals surface area contributed by atoms with Crippen molar-refractivity contribution in [1.29, 1.82) is 0 Å². The molecule has 94 valence electrons. The van der Waals surface area contributed by atoms with Crippen LogP contribution >= 0.6 is 15.9 Å². The zero-order valence-electron chi connectivity index (χ0n) is 9.37. The van der Waals surface area contributed by atoms with Gasteiger partial charge in [-0.3, -0.25) is 4.98 Å². The molecule has 5 heteroatoms. The van der Waals surface area contributed by atoms with Gasteiger partial charge < -0.3 is 5.73 Å². The Labute approximate surface area is 108 Å². The molecule has 0 radical (unpaired) electrons. The quantitative estimate of drug-likeness (QED) is 0.925. The molecule has 2 nitrogen and oxygen atoms in total. The summed E-state index contributed by atoms with van der Waals surface area (Å²) in [5, 5.41) is 0. The third-order valence-corrected chi connectivity index (χ3v) is 3.90. The van der Waals surface area contributed by atoms with Crippen LogP contribution in [-0.4, -0.2) is 10.9 Å². The standard InChI is InChI=1S/C12H15BrF2N2/c13-9-2-1-5-17-11(9)10(16)6-8-3-4-12(14,15)7-8/h1-2,5,8,10H,3-4,6-7,16H2. The van der Waals surface area contributed by atoms with Gasteiger partial charge in [0.15, 0.2) is 0 Å². The first-order valence-corrected chi connectivity index (χ1v) is 6.51. The summed E-state index contributed by atoms with van der Waals surface area (Å²) in [6, 6.07) is 3.40. The van der Waals surface area contributed by atoms with E-state index >= 15 is 0 Å². The van der Waals surface area contributed by atoms with E-state index in [1.165, 1.54) is 0 Å². The molecule has 17 heavy (non-hydrogen) atoms. The Balaban J connectivity index is 1.99. The molecule has 1 aromatic rings. The van der Waals surface area contributed by atoms with Crippen LogP contribution in [0.1, 0.15) is 37.4 Å². The first-order valence-electron chi connectivity index (χ1n) is 5.72. The average Bonchev–Trinajstić information content (AvgIpc) is 2.58. The molecule has 1 aliphatic rings. The summed E-state index contributed by atoms with van der Waals surface area (Å²) >= 11 is 3.38. The maximum atomic E-state index is 13.1. The molecule has 2 N–H and O–H groups in total. The van der Waals surface area contributed by atoms with Crippen LogP contribution in [0.25, 0.3) is 0 Å². The van der Waals surface area contributed by atoms with Gasteiger partial charge in [-0.2, -0.15) is 0 Å². The zero-order chi connectivity index (χ0) is 12.5. The molecule has 2 rings (SSSR count). The van der Waals surface area contributed by atoms with Gasteiger partial charge >= 0.3 is 0 Å². The fraction of sp³-hybridized carbons (Fsp3) is 0.583. The Kier molecular flexibility index (Phi) is 3.78. The van der Waals surface area contributed by atoms with Gasteiger partial charge in [-0.05, 0) is 46.8 Å². The van der Waals surface area contributed by atoms with Crippen molar-refractivity contribution >= 4 is 15.9 Å². The minimum atomic E-state index is -2.49. The van der Waals surface area contributed by atoms with Gasteiger partial charge in [-0.15, -0.1) is 0 Å². The van der Waals surface area contributed by atoms with E-state index in [1.54, 1.807) is 6.20 Å². The highest BCUT2D eigenvalue weighted by Gasteiger charge is 2.39. The lowest BCUT2D eigenvalue weighted by molar-refractivity contribution is 0.00445. The van der Waals surface area contributed by atoms with E-state index in [9.17, 15) is 8.78 Å². The van der Waals surface area contributed by atoms with Crippen molar-refractivity contribution in [2.45, 2.75) is 37.6 Å². The van der Waals surface area contributed by atoms with Crippen molar-refractivity contribution in [3.63, 3.8) is 0 Å². The maximum absolute atomic E-state index is 13.1. The number of aromatic nitrogens is 1. The van der Waals surface area contributed by atoms with Gasteiger partial charge in [0.05, 0.1) is 5.69 Å². The van der Waals surface area contributed by atoms with Gasteiger partial charge in [-0.25, -0.2) is 8.78 Å². The summed E-state index contributed by atoms with van der Waals surface area (Å²) in [5.41, 5.74) is 6.78. The predicted octanol–water partition coefficient (Wildman–Crippen LogP) is 3.67. The highest BCUT2D eigenvalue weighted by atomic mass is 79.9. The molecular weight excluding hydrogens is 290 g/mol. The second-order valence-electron chi connectivity index (χ2n) is 4.68. The number of hydrogen-bond acceptors (Lipinski definition) is 2. The summed E-state index contributed by atoms with van der Waals surface area (Å²) in [5.74, 6) is -2.49. The van der Waals surface area contributed by atoms with Crippen LogP contribution in [0.15, 0.2) is 22.8 Å². The van der Waals surface area contributed by atoms with Crippen LogP contribution in [0.4, 0.5) is 8.78 Å². The van der Waals surface area contributed by atoms with Gasteiger partial charge in [0, 0.05) is 29.6 Å². The van der Waals surface area contributed by atoms with Crippen molar-refractivity contribution in [2.24, 2.45) is 11.7 Å². The van der Waals surface area contributed by atoms with E-state index in [-0.39, 0.29) is 24.8 Å². The zero-order valence-corrected chi connectivity index (χ0v) is 11.0. The highest BCUT2D eigenvalue weighted by Crippen LogP contribution is 2.42. The summed E-state index contributed by atoms with van der Waals surface area (Å²) in [6.45, 7) is 0. The Morgan fingerprint density at radius 1 is 1.59 bits per heavy atom. The van der Waals surface area contributed by atoms with Gasteiger partial charge in [0.1, 0.15) is 0 Å². The summed E-state index contributed by atoms with van der Waals surface area (Å²) < 4.78 is 27.0. The first-order chi connectivity index (χ1) is 7.98. The van der Waals surface area contributed by atoms with Crippen LogP contribution in [-0.2, 0) is 0 Å². The topological polar surface area (TPSA) is 38.9 Å². The van der Waals surface area contributed by atoms with Crippen molar-refractivity contribution in [3.05, 3.63) is 28.5 Å². The molecule has 0 aliphatic heterocycles. The smallest absolute Gasteiger partial charge is 0.248 e. The number of halogens is 3. The van der Waals surface area contributed by atoms with E-state index in [1.807, 2.05) is 12.1 Å². The summed E-state index contributed by atoms with van der Waals surface area (Å²) in [7, 11) is 0. The van der Waals surface area contributed by atoms with E-state index in [0.29, 0.717) is 12.8 Å². The maximum Gasteiger partial charge on any atom is 0.248 e. The van der Waals surface area contributed by atoms with Crippen LogP contribution in [0.5, 0.6) is 0 Å². The molecule has 1 aromatic heterocycles. The number of pyridine rings is 1. The van der Waals surface area contributed by atoms with Crippen molar-refractivity contribution in [1.82, 2.24) is 4.98 Å². The molecule has 2 unspecified atom stereocenters. The minimum absolute atomic E-state index is 0.00618. The van der Waals surface area contributed by atoms with Crippen LogP contribution in [0.3, 0.4) is 0 Å². The lowest BCUT2D eigenvalue weighted by Crippen LogP contribution is -2.17. The van der Waals surface area contributed by atoms with Crippen LogP contribution in [0, 0.1) is 5.92 Å². The molecule has 1 heterocycles. The third-order valence-electron chi connectivity index (χ3n) is 3.23. The molecule has 0 saturated heterocycles. The van der Waals surface area contributed by atoms with E-state index < -0.39 is 5.92 Å². The Morgan fingerprint density at radius 2 is 2.35 bits per heavy atom. The fourth-order valence-corrected chi connectivity index (χ4v) is 2.93. The van der Waals surface area contributed by atoms with Gasteiger partial charge in [0.2, 0.25) is 5.92 Å². The first kappa shape index (κ1) is 12.9. The van der Waals surface area contributed by atoms with Crippen LogP contribution in [0.2, 0.25) is 0 Å². The molecule has 0 amide bonds. The summed E-state index contributed by atoms with van der Waals surface area (Å²) in [4.78, 5) is 4.20. The van der Waals surface area contributed by atoms with Crippen LogP contribution < -0.4 is 5.73 Å². The third kappa shape index (κ3) is 3.22. The SMILES string of the molecule is NC(CC1CCC(F)(F)C1)c1ncccc1Br. The molecule has 0 bridgehead atoms. The van der Waals surface area contributed by atoms with Crippen molar-refractivity contribution in [2.75, 3.05) is 0 Å². The molecular formula is C12H15BrF2N2. The monoisotopic (exact) mass is 304 g/mol. The number of alkyl halides is 2. The Hall–Kier alpha value is -0.550. The molecule has 0 aromatic carbocycles. The fourth-order valence-electron chi connectivity index (χ4n) is 2.38. The average molecular weight is 305 g/mol.